The van der Waals surface area contributed by atoms with Crippen LogP contribution in [0.15, 0.2) is 16.5 Å². The maximum Gasteiger partial charge on any atom is 0.203 e. The van der Waals surface area contributed by atoms with Gasteiger partial charge in [-0.2, -0.15) is 5.26 Å². The molecule has 0 aliphatic rings. The van der Waals surface area contributed by atoms with Gasteiger partial charge in [0.25, 0.3) is 0 Å². The van der Waals surface area contributed by atoms with Crippen molar-refractivity contribution in [3.05, 3.63) is 23.7 Å². The van der Waals surface area contributed by atoms with E-state index in [0.29, 0.717) is 12.2 Å². The highest BCUT2D eigenvalue weighted by molar-refractivity contribution is 5.20. The molecule has 3 N–H and O–H groups in total. The number of rotatable bonds is 3. The van der Waals surface area contributed by atoms with Gasteiger partial charge in [-0.05, 0) is 18.6 Å². The second-order valence-corrected chi connectivity index (χ2v) is 2.43. The first-order valence-electron chi connectivity index (χ1n) is 3.64. The fraction of sp³-hybridized carbons (Fsp3) is 0.375. The Morgan fingerprint density at radius 3 is 2.92 bits per heavy atom. The van der Waals surface area contributed by atoms with Crippen LogP contribution in [0, 0.1) is 11.3 Å². The van der Waals surface area contributed by atoms with Gasteiger partial charge < -0.3 is 15.3 Å². The summed E-state index contributed by atoms with van der Waals surface area (Å²) in [6, 6.07) is 4.75. The van der Waals surface area contributed by atoms with Crippen molar-refractivity contribution in [2.45, 2.75) is 12.5 Å². The molecule has 1 heterocycles. The minimum atomic E-state index is -0.322. The number of aliphatic hydroxyl groups is 1. The van der Waals surface area contributed by atoms with E-state index in [0.717, 1.165) is 0 Å². The average molecular weight is 166 g/mol. The summed E-state index contributed by atoms with van der Waals surface area (Å²) in [4.78, 5) is 0. The SMILES string of the molecule is N#Cc1ccc([C@H](N)CCO)o1. The Labute approximate surface area is 70.2 Å². The topological polar surface area (TPSA) is 83.2 Å². The van der Waals surface area contributed by atoms with Gasteiger partial charge in [0.2, 0.25) is 5.76 Å². The predicted octanol–water partition coefficient (Wildman–Crippen LogP) is 0.533. The highest BCUT2D eigenvalue weighted by Gasteiger charge is 2.09. The first kappa shape index (κ1) is 8.78. The van der Waals surface area contributed by atoms with E-state index in [1.165, 1.54) is 0 Å². The Morgan fingerprint density at radius 2 is 2.42 bits per heavy atom. The van der Waals surface area contributed by atoms with Crippen LogP contribution in [-0.4, -0.2) is 11.7 Å². The van der Waals surface area contributed by atoms with Crippen molar-refractivity contribution in [2.24, 2.45) is 5.73 Å². The summed E-state index contributed by atoms with van der Waals surface area (Å²) in [6.07, 6.45) is 0.443. The Bertz CT molecular complexity index is 287. The van der Waals surface area contributed by atoms with Gasteiger partial charge >= 0.3 is 0 Å². The van der Waals surface area contributed by atoms with E-state index >= 15 is 0 Å². The first-order chi connectivity index (χ1) is 5.77. The van der Waals surface area contributed by atoms with Crippen LogP contribution < -0.4 is 5.73 Å². The molecule has 1 rings (SSSR count). The molecule has 0 bridgehead atoms. The van der Waals surface area contributed by atoms with Crippen molar-refractivity contribution in [1.82, 2.24) is 0 Å². The number of hydrogen-bond donors (Lipinski definition) is 2. The Balaban J connectivity index is 2.69. The van der Waals surface area contributed by atoms with E-state index in [1.807, 2.05) is 6.07 Å². The summed E-state index contributed by atoms with van der Waals surface area (Å²) < 4.78 is 5.05. The number of furan rings is 1. The fourth-order valence-corrected chi connectivity index (χ4v) is 0.894. The third-order valence-corrected chi connectivity index (χ3v) is 1.54. The van der Waals surface area contributed by atoms with Crippen LogP contribution in [0.2, 0.25) is 0 Å². The molecule has 0 aliphatic heterocycles. The molecule has 0 radical (unpaired) electrons. The molecule has 64 valence electrons. The van der Waals surface area contributed by atoms with Crippen LogP contribution in [0.1, 0.15) is 24.0 Å². The summed E-state index contributed by atoms with van der Waals surface area (Å²) in [5.41, 5.74) is 5.61. The van der Waals surface area contributed by atoms with E-state index in [-0.39, 0.29) is 18.4 Å². The largest absolute Gasteiger partial charge is 0.449 e. The zero-order chi connectivity index (χ0) is 8.97. The normalized spacial score (nSPS) is 12.4. The molecular formula is C8H10N2O2. The Hall–Kier alpha value is -1.31. The van der Waals surface area contributed by atoms with E-state index in [2.05, 4.69) is 0 Å². The molecule has 0 spiro atoms. The molecule has 0 aliphatic carbocycles. The molecule has 0 aromatic carbocycles. The summed E-state index contributed by atoms with van der Waals surface area (Å²) in [5, 5.41) is 17.0. The van der Waals surface area contributed by atoms with Gasteiger partial charge in [0.1, 0.15) is 11.8 Å². The van der Waals surface area contributed by atoms with E-state index in [4.69, 9.17) is 20.5 Å². The van der Waals surface area contributed by atoms with E-state index in [1.54, 1.807) is 12.1 Å². The zero-order valence-corrected chi connectivity index (χ0v) is 6.53. The lowest BCUT2D eigenvalue weighted by Gasteiger charge is -2.04. The highest BCUT2D eigenvalue weighted by atomic mass is 16.3. The number of nitrogens with zero attached hydrogens (tertiary/aromatic N) is 1. The predicted molar refractivity (Wildman–Crippen MR) is 42.1 cm³/mol. The maximum absolute atomic E-state index is 8.58. The Kier molecular flexibility index (Phi) is 2.86. The molecular weight excluding hydrogens is 156 g/mol. The molecule has 12 heavy (non-hydrogen) atoms. The standard InChI is InChI=1S/C8H10N2O2/c9-5-6-1-2-8(12-6)7(10)3-4-11/h1-2,7,11H,3-4,10H2/t7-/m1/s1. The highest BCUT2D eigenvalue weighted by Crippen LogP contribution is 2.16. The molecule has 4 heteroatoms. The molecule has 0 saturated carbocycles. The lowest BCUT2D eigenvalue weighted by atomic mass is 10.2. The van der Waals surface area contributed by atoms with Crippen LogP contribution >= 0.6 is 0 Å². The van der Waals surface area contributed by atoms with Crippen LogP contribution in [-0.2, 0) is 0 Å². The molecule has 0 amide bonds. The van der Waals surface area contributed by atoms with Gasteiger partial charge in [-0.1, -0.05) is 0 Å². The van der Waals surface area contributed by atoms with Gasteiger partial charge in [-0.25, -0.2) is 0 Å². The summed E-state index contributed by atoms with van der Waals surface area (Å²) in [6.45, 7) is 0.0176. The number of nitrogens with two attached hydrogens (primary N) is 1. The van der Waals surface area contributed by atoms with Crippen molar-refractivity contribution >= 4 is 0 Å². The molecule has 0 unspecified atom stereocenters. The average Bonchev–Trinajstić information content (AvgIpc) is 2.52. The molecule has 0 saturated heterocycles. The van der Waals surface area contributed by atoms with Crippen molar-refractivity contribution in [2.75, 3.05) is 6.61 Å². The maximum atomic E-state index is 8.58. The molecule has 4 nitrogen and oxygen atoms in total. The van der Waals surface area contributed by atoms with Gasteiger partial charge in [-0.3, -0.25) is 0 Å². The van der Waals surface area contributed by atoms with Crippen LogP contribution in [0.3, 0.4) is 0 Å². The van der Waals surface area contributed by atoms with Crippen molar-refractivity contribution in [3.63, 3.8) is 0 Å². The molecule has 1 atom stereocenters. The zero-order valence-electron chi connectivity index (χ0n) is 6.53. The van der Waals surface area contributed by atoms with Crippen LogP contribution in [0.25, 0.3) is 0 Å². The number of aliphatic hydroxyl groups excluding tert-OH is 1. The third-order valence-electron chi connectivity index (χ3n) is 1.54. The second kappa shape index (κ2) is 3.90. The quantitative estimate of drug-likeness (QED) is 0.686. The summed E-state index contributed by atoms with van der Waals surface area (Å²) in [5.74, 6) is 0.791. The second-order valence-electron chi connectivity index (χ2n) is 2.43. The molecule has 0 fully saturated rings. The van der Waals surface area contributed by atoms with Gasteiger partial charge in [0, 0.05) is 6.61 Å². The Morgan fingerprint density at radius 1 is 1.67 bits per heavy atom. The number of hydrogen-bond acceptors (Lipinski definition) is 4. The first-order valence-corrected chi connectivity index (χ1v) is 3.64. The lowest BCUT2D eigenvalue weighted by molar-refractivity contribution is 0.268. The van der Waals surface area contributed by atoms with Gasteiger partial charge in [0.05, 0.1) is 6.04 Å². The minimum Gasteiger partial charge on any atom is -0.449 e. The van der Waals surface area contributed by atoms with Crippen molar-refractivity contribution < 1.29 is 9.52 Å². The van der Waals surface area contributed by atoms with Crippen LogP contribution in [0.4, 0.5) is 0 Å². The third kappa shape index (κ3) is 1.84. The van der Waals surface area contributed by atoms with Gasteiger partial charge in [0.15, 0.2) is 0 Å². The molecule has 1 aromatic rings. The summed E-state index contributed by atoms with van der Waals surface area (Å²) in [7, 11) is 0. The number of nitriles is 1. The van der Waals surface area contributed by atoms with E-state index in [9.17, 15) is 0 Å². The lowest BCUT2D eigenvalue weighted by Crippen LogP contribution is -2.10. The monoisotopic (exact) mass is 166 g/mol. The smallest absolute Gasteiger partial charge is 0.203 e. The van der Waals surface area contributed by atoms with Crippen molar-refractivity contribution in [1.29, 1.82) is 5.26 Å². The van der Waals surface area contributed by atoms with E-state index < -0.39 is 0 Å². The van der Waals surface area contributed by atoms with Crippen molar-refractivity contribution in [3.8, 4) is 6.07 Å². The minimum absolute atomic E-state index is 0.0176. The van der Waals surface area contributed by atoms with Gasteiger partial charge in [-0.15, -0.1) is 0 Å². The fourth-order valence-electron chi connectivity index (χ4n) is 0.894. The molecule has 1 aromatic heterocycles. The van der Waals surface area contributed by atoms with Crippen LogP contribution in [0.5, 0.6) is 0 Å². The summed E-state index contributed by atoms with van der Waals surface area (Å²) >= 11 is 0.